The van der Waals surface area contributed by atoms with Crippen LogP contribution in [0.1, 0.15) is 10.4 Å². The first-order chi connectivity index (χ1) is 8.68. The molecule has 0 unspecified atom stereocenters. The van der Waals surface area contributed by atoms with Crippen LogP contribution in [0.4, 0.5) is 10.1 Å². The average molecular weight is 265 g/mol. The van der Waals surface area contributed by atoms with E-state index in [4.69, 9.17) is 11.6 Å². The summed E-state index contributed by atoms with van der Waals surface area (Å²) in [5.74, 6) is -1.14. The van der Waals surface area contributed by atoms with Crippen LogP contribution in [0, 0.1) is 5.82 Å². The topological polar surface area (TPSA) is 41.1 Å². The van der Waals surface area contributed by atoms with Gasteiger partial charge in [0.15, 0.2) is 0 Å². The molecule has 0 heterocycles. The van der Waals surface area contributed by atoms with Crippen molar-refractivity contribution in [3.05, 3.63) is 64.9 Å². The van der Waals surface area contributed by atoms with Gasteiger partial charge in [0.05, 0.1) is 16.3 Å². The molecule has 0 spiro atoms. The van der Waals surface area contributed by atoms with Crippen LogP contribution in [-0.2, 0) is 0 Å². The number of para-hydroxylation sites is 1. The Labute approximate surface area is 109 Å². The average Bonchev–Trinajstić information content (AvgIpc) is 2.38. The number of hydrazine groups is 1. The zero-order valence-electron chi connectivity index (χ0n) is 9.28. The van der Waals surface area contributed by atoms with Crippen molar-refractivity contribution >= 4 is 23.2 Å². The molecule has 0 fully saturated rings. The number of hydrogen-bond donors (Lipinski definition) is 2. The van der Waals surface area contributed by atoms with E-state index in [1.165, 1.54) is 18.2 Å². The van der Waals surface area contributed by atoms with E-state index in [0.717, 1.165) is 0 Å². The molecule has 0 bridgehead atoms. The van der Waals surface area contributed by atoms with Gasteiger partial charge in [0, 0.05) is 0 Å². The number of benzene rings is 2. The van der Waals surface area contributed by atoms with Crippen molar-refractivity contribution < 1.29 is 9.18 Å². The van der Waals surface area contributed by atoms with E-state index >= 15 is 0 Å². The molecule has 3 nitrogen and oxygen atoms in total. The second-order valence-corrected chi connectivity index (χ2v) is 3.95. The van der Waals surface area contributed by atoms with E-state index in [0.29, 0.717) is 10.7 Å². The lowest BCUT2D eigenvalue weighted by Crippen LogP contribution is -2.30. The van der Waals surface area contributed by atoms with Gasteiger partial charge in [0.2, 0.25) is 0 Å². The molecule has 0 aliphatic rings. The number of rotatable bonds is 3. The molecule has 2 aromatic rings. The first-order valence-corrected chi connectivity index (χ1v) is 5.61. The van der Waals surface area contributed by atoms with E-state index in [-0.39, 0.29) is 5.56 Å². The Morgan fingerprint density at radius 3 is 2.44 bits per heavy atom. The van der Waals surface area contributed by atoms with Crippen molar-refractivity contribution in [2.75, 3.05) is 5.43 Å². The fraction of sp³-hybridized carbons (Fsp3) is 0. The highest BCUT2D eigenvalue weighted by Crippen LogP contribution is 2.19. The highest BCUT2D eigenvalue weighted by Gasteiger charge is 2.10. The molecule has 0 aliphatic carbocycles. The number of halogens is 2. The van der Waals surface area contributed by atoms with Gasteiger partial charge < -0.3 is 0 Å². The zero-order valence-corrected chi connectivity index (χ0v) is 10.0. The van der Waals surface area contributed by atoms with Crippen molar-refractivity contribution in [1.82, 2.24) is 5.43 Å². The second-order valence-electron chi connectivity index (χ2n) is 3.54. The van der Waals surface area contributed by atoms with E-state index < -0.39 is 11.7 Å². The van der Waals surface area contributed by atoms with Crippen LogP contribution in [0.5, 0.6) is 0 Å². The molecule has 1 amide bonds. The van der Waals surface area contributed by atoms with Gasteiger partial charge in [-0.25, -0.2) is 4.39 Å². The fourth-order valence-electron chi connectivity index (χ4n) is 1.40. The number of amides is 1. The van der Waals surface area contributed by atoms with Crippen molar-refractivity contribution in [2.45, 2.75) is 0 Å². The minimum Gasteiger partial charge on any atom is -0.297 e. The predicted molar refractivity (Wildman–Crippen MR) is 68.9 cm³/mol. The van der Waals surface area contributed by atoms with Gasteiger partial charge in [-0.15, -0.1) is 0 Å². The summed E-state index contributed by atoms with van der Waals surface area (Å²) in [6, 6.07) is 12.7. The summed E-state index contributed by atoms with van der Waals surface area (Å²) in [5.41, 5.74) is 5.54. The Bertz CT molecular complexity index is 574. The van der Waals surface area contributed by atoms with Crippen molar-refractivity contribution in [2.24, 2.45) is 0 Å². The van der Waals surface area contributed by atoms with E-state index in [9.17, 15) is 9.18 Å². The van der Waals surface area contributed by atoms with Gasteiger partial charge in [-0.1, -0.05) is 35.9 Å². The van der Waals surface area contributed by atoms with Crippen LogP contribution in [0.2, 0.25) is 5.02 Å². The van der Waals surface area contributed by atoms with Gasteiger partial charge >= 0.3 is 0 Å². The molecule has 5 heteroatoms. The molecular weight excluding hydrogens is 255 g/mol. The van der Waals surface area contributed by atoms with Gasteiger partial charge in [-0.2, -0.15) is 0 Å². The van der Waals surface area contributed by atoms with E-state index in [1.807, 2.05) is 0 Å². The zero-order chi connectivity index (χ0) is 13.0. The smallest absolute Gasteiger partial charge is 0.272 e. The lowest BCUT2D eigenvalue weighted by Gasteiger charge is -2.10. The largest absolute Gasteiger partial charge is 0.297 e. The van der Waals surface area contributed by atoms with Crippen LogP contribution in [0.3, 0.4) is 0 Å². The molecule has 0 saturated heterocycles. The number of carbonyl (C=O) groups excluding carboxylic acids is 1. The molecule has 2 N–H and O–H groups in total. The monoisotopic (exact) mass is 264 g/mol. The molecule has 18 heavy (non-hydrogen) atoms. The Kier molecular flexibility index (Phi) is 3.79. The maximum Gasteiger partial charge on any atom is 0.272 e. The summed E-state index contributed by atoms with van der Waals surface area (Å²) in [7, 11) is 0. The quantitative estimate of drug-likeness (QED) is 0.836. The van der Waals surface area contributed by atoms with Crippen LogP contribution >= 0.6 is 11.6 Å². The maximum atomic E-state index is 13.3. The van der Waals surface area contributed by atoms with Gasteiger partial charge in [0.25, 0.3) is 5.91 Å². The second kappa shape index (κ2) is 5.51. The Balaban J connectivity index is 2.06. The third-order valence-electron chi connectivity index (χ3n) is 2.30. The summed E-state index contributed by atoms with van der Waals surface area (Å²) >= 11 is 5.90. The Morgan fingerprint density at radius 1 is 1.06 bits per heavy atom. The first kappa shape index (κ1) is 12.4. The SMILES string of the molecule is O=C(NNc1ccccc1Cl)c1ccccc1F. The summed E-state index contributed by atoms with van der Waals surface area (Å²) in [6.45, 7) is 0. The van der Waals surface area contributed by atoms with Gasteiger partial charge in [-0.3, -0.25) is 15.6 Å². The number of nitrogens with one attached hydrogen (secondary N) is 2. The van der Waals surface area contributed by atoms with E-state index in [2.05, 4.69) is 10.9 Å². The van der Waals surface area contributed by atoms with Crippen LogP contribution < -0.4 is 10.9 Å². The van der Waals surface area contributed by atoms with Gasteiger partial charge in [0.1, 0.15) is 5.82 Å². The lowest BCUT2D eigenvalue weighted by atomic mass is 10.2. The van der Waals surface area contributed by atoms with Crippen molar-refractivity contribution in [1.29, 1.82) is 0 Å². The molecular formula is C13H10ClFN2O. The maximum absolute atomic E-state index is 13.3. The molecule has 0 aliphatic heterocycles. The Morgan fingerprint density at radius 2 is 1.72 bits per heavy atom. The first-order valence-electron chi connectivity index (χ1n) is 5.24. The number of anilines is 1. The highest BCUT2D eigenvalue weighted by molar-refractivity contribution is 6.33. The summed E-state index contributed by atoms with van der Waals surface area (Å²) in [4.78, 5) is 11.7. The molecule has 2 rings (SSSR count). The molecule has 92 valence electrons. The van der Waals surface area contributed by atoms with Crippen LogP contribution in [0.25, 0.3) is 0 Å². The van der Waals surface area contributed by atoms with E-state index in [1.54, 1.807) is 30.3 Å². The van der Waals surface area contributed by atoms with Crippen LogP contribution in [-0.4, -0.2) is 5.91 Å². The molecule has 0 atom stereocenters. The molecule has 0 aromatic heterocycles. The van der Waals surface area contributed by atoms with Crippen LogP contribution in [0.15, 0.2) is 48.5 Å². The Hall–Kier alpha value is -2.07. The normalized spacial score (nSPS) is 9.89. The fourth-order valence-corrected chi connectivity index (χ4v) is 1.58. The number of carbonyl (C=O) groups is 1. The summed E-state index contributed by atoms with van der Waals surface area (Å²) in [6.07, 6.45) is 0. The minimum absolute atomic E-state index is 0.0305. The molecule has 0 saturated carbocycles. The van der Waals surface area contributed by atoms with Crippen molar-refractivity contribution in [3.63, 3.8) is 0 Å². The molecule has 2 aromatic carbocycles. The third-order valence-corrected chi connectivity index (χ3v) is 2.63. The minimum atomic E-state index is -0.573. The molecule has 0 radical (unpaired) electrons. The van der Waals surface area contributed by atoms with Gasteiger partial charge in [-0.05, 0) is 24.3 Å². The lowest BCUT2D eigenvalue weighted by molar-refractivity contribution is 0.0958. The highest BCUT2D eigenvalue weighted by atomic mass is 35.5. The predicted octanol–water partition coefficient (Wildman–Crippen LogP) is 3.24. The third kappa shape index (κ3) is 2.78. The standard InChI is InChI=1S/C13H10ClFN2O/c14-10-6-2-4-8-12(10)16-17-13(18)9-5-1-3-7-11(9)15/h1-8,16H,(H,17,18). The summed E-state index contributed by atoms with van der Waals surface area (Å²) in [5, 5.41) is 0.464. The number of hydrogen-bond acceptors (Lipinski definition) is 2. The van der Waals surface area contributed by atoms with Crippen molar-refractivity contribution in [3.8, 4) is 0 Å². The summed E-state index contributed by atoms with van der Waals surface area (Å²) < 4.78 is 13.3.